The maximum atomic E-state index is 12.6. The summed E-state index contributed by atoms with van der Waals surface area (Å²) in [5.74, 6) is -1.16. The SMILES string of the molecule is O=C(c1ccc(F)cc1)N(CCO)CC(F)F. The van der Waals surface area contributed by atoms with Gasteiger partial charge in [0, 0.05) is 12.1 Å². The highest BCUT2D eigenvalue weighted by molar-refractivity contribution is 5.94. The Balaban J connectivity index is 2.79. The van der Waals surface area contributed by atoms with Crippen LogP contribution in [0.1, 0.15) is 10.4 Å². The van der Waals surface area contributed by atoms with Gasteiger partial charge in [-0.05, 0) is 24.3 Å². The van der Waals surface area contributed by atoms with Crippen LogP contribution in [0.2, 0.25) is 0 Å². The number of carbonyl (C=O) groups excluding carboxylic acids is 1. The molecule has 0 atom stereocenters. The van der Waals surface area contributed by atoms with Crippen molar-refractivity contribution in [1.29, 1.82) is 0 Å². The topological polar surface area (TPSA) is 40.5 Å². The Morgan fingerprint density at radius 3 is 2.35 bits per heavy atom. The van der Waals surface area contributed by atoms with Crippen LogP contribution in [-0.2, 0) is 0 Å². The van der Waals surface area contributed by atoms with Gasteiger partial charge < -0.3 is 10.0 Å². The van der Waals surface area contributed by atoms with Gasteiger partial charge in [0.25, 0.3) is 12.3 Å². The molecule has 0 aliphatic heterocycles. The number of halogens is 3. The minimum atomic E-state index is -2.68. The van der Waals surface area contributed by atoms with Crippen molar-refractivity contribution in [2.24, 2.45) is 0 Å². The molecule has 1 rings (SSSR count). The smallest absolute Gasteiger partial charge is 0.255 e. The predicted octanol–water partition coefficient (Wildman–Crippen LogP) is 1.53. The molecule has 0 unspecified atom stereocenters. The lowest BCUT2D eigenvalue weighted by Gasteiger charge is -2.21. The van der Waals surface area contributed by atoms with Gasteiger partial charge in [-0.15, -0.1) is 0 Å². The van der Waals surface area contributed by atoms with E-state index in [1.165, 1.54) is 12.1 Å². The van der Waals surface area contributed by atoms with E-state index in [1.807, 2.05) is 0 Å². The Kier molecular flexibility index (Phi) is 4.96. The Morgan fingerprint density at radius 2 is 1.88 bits per heavy atom. The molecule has 1 amide bonds. The fourth-order valence-electron chi connectivity index (χ4n) is 1.34. The second-order valence-electron chi connectivity index (χ2n) is 3.37. The quantitative estimate of drug-likeness (QED) is 0.857. The summed E-state index contributed by atoms with van der Waals surface area (Å²) in [5.41, 5.74) is 0.112. The van der Waals surface area contributed by atoms with Crippen molar-refractivity contribution >= 4 is 5.91 Å². The van der Waals surface area contributed by atoms with Gasteiger partial charge in [0.1, 0.15) is 5.82 Å². The second-order valence-corrected chi connectivity index (χ2v) is 3.37. The molecule has 1 N–H and O–H groups in total. The van der Waals surface area contributed by atoms with Crippen LogP contribution < -0.4 is 0 Å². The lowest BCUT2D eigenvalue weighted by molar-refractivity contribution is 0.0509. The number of amides is 1. The lowest BCUT2D eigenvalue weighted by atomic mass is 10.2. The number of hydrogen-bond donors (Lipinski definition) is 1. The third-order valence-electron chi connectivity index (χ3n) is 2.11. The number of hydrogen-bond acceptors (Lipinski definition) is 2. The average Bonchev–Trinajstić information content (AvgIpc) is 2.28. The van der Waals surface area contributed by atoms with E-state index < -0.39 is 31.3 Å². The van der Waals surface area contributed by atoms with Gasteiger partial charge in [0.15, 0.2) is 0 Å². The molecule has 0 heterocycles. The number of nitrogens with zero attached hydrogens (tertiary/aromatic N) is 1. The molecule has 0 fully saturated rings. The van der Waals surface area contributed by atoms with Gasteiger partial charge in [-0.1, -0.05) is 0 Å². The van der Waals surface area contributed by atoms with Crippen molar-refractivity contribution in [1.82, 2.24) is 4.90 Å². The maximum absolute atomic E-state index is 12.6. The van der Waals surface area contributed by atoms with E-state index in [0.717, 1.165) is 17.0 Å². The summed E-state index contributed by atoms with van der Waals surface area (Å²) >= 11 is 0. The van der Waals surface area contributed by atoms with Gasteiger partial charge in [-0.2, -0.15) is 0 Å². The van der Waals surface area contributed by atoms with Gasteiger partial charge in [0.2, 0.25) is 0 Å². The second kappa shape index (κ2) is 6.24. The maximum Gasteiger partial charge on any atom is 0.255 e. The molecular weight excluding hydrogens is 235 g/mol. The molecule has 0 aromatic heterocycles. The zero-order valence-corrected chi connectivity index (χ0v) is 8.94. The van der Waals surface area contributed by atoms with E-state index in [0.29, 0.717) is 0 Å². The van der Waals surface area contributed by atoms with Crippen LogP contribution in [0.25, 0.3) is 0 Å². The zero-order chi connectivity index (χ0) is 12.8. The molecule has 94 valence electrons. The van der Waals surface area contributed by atoms with Crippen molar-refractivity contribution < 1.29 is 23.1 Å². The molecule has 17 heavy (non-hydrogen) atoms. The summed E-state index contributed by atoms with van der Waals surface area (Å²) in [6, 6.07) is 4.58. The normalized spacial score (nSPS) is 10.6. The summed E-state index contributed by atoms with van der Waals surface area (Å²) in [7, 11) is 0. The van der Waals surface area contributed by atoms with Crippen molar-refractivity contribution in [2.45, 2.75) is 6.43 Å². The van der Waals surface area contributed by atoms with Gasteiger partial charge in [-0.25, -0.2) is 13.2 Å². The fourth-order valence-corrected chi connectivity index (χ4v) is 1.34. The van der Waals surface area contributed by atoms with Crippen molar-refractivity contribution in [3.63, 3.8) is 0 Å². The number of rotatable bonds is 5. The first kappa shape index (κ1) is 13.5. The first-order valence-corrected chi connectivity index (χ1v) is 4.98. The molecule has 1 aromatic carbocycles. The molecule has 0 aliphatic rings. The Labute approximate surface area is 96.5 Å². The minimum Gasteiger partial charge on any atom is -0.395 e. The van der Waals surface area contributed by atoms with E-state index in [1.54, 1.807) is 0 Å². The summed E-state index contributed by atoms with van der Waals surface area (Å²) in [6.45, 7) is -1.34. The monoisotopic (exact) mass is 247 g/mol. The van der Waals surface area contributed by atoms with Crippen LogP contribution >= 0.6 is 0 Å². The number of alkyl halides is 2. The van der Waals surface area contributed by atoms with Crippen molar-refractivity contribution in [2.75, 3.05) is 19.7 Å². The van der Waals surface area contributed by atoms with E-state index in [-0.39, 0.29) is 12.1 Å². The Hall–Kier alpha value is -1.56. The number of benzene rings is 1. The molecule has 0 spiro atoms. The van der Waals surface area contributed by atoms with E-state index in [2.05, 4.69) is 0 Å². The molecule has 0 bridgehead atoms. The lowest BCUT2D eigenvalue weighted by Crippen LogP contribution is -2.37. The molecule has 0 radical (unpaired) electrons. The average molecular weight is 247 g/mol. The summed E-state index contributed by atoms with van der Waals surface area (Å²) in [4.78, 5) is 12.6. The standard InChI is InChI=1S/C11H12F3NO2/c12-9-3-1-8(2-4-9)11(17)15(5-6-16)7-10(13)14/h1-4,10,16H,5-7H2. The van der Waals surface area contributed by atoms with E-state index in [4.69, 9.17) is 5.11 Å². The summed E-state index contributed by atoms with van der Waals surface area (Å²) in [6.07, 6.45) is -2.68. The summed E-state index contributed by atoms with van der Waals surface area (Å²) < 4.78 is 37.1. The first-order valence-electron chi connectivity index (χ1n) is 4.98. The summed E-state index contributed by atoms with van der Waals surface area (Å²) in [5, 5.41) is 8.69. The molecule has 3 nitrogen and oxygen atoms in total. The van der Waals surface area contributed by atoms with Crippen LogP contribution in [0, 0.1) is 5.82 Å². The number of carbonyl (C=O) groups is 1. The molecule has 0 saturated carbocycles. The molecule has 1 aromatic rings. The molecule has 6 heteroatoms. The Bertz CT molecular complexity index is 367. The van der Waals surface area contributed by atoms with Crippen LogP contribution in [0.15, 0.2) is 24.3 Å². The molecule has 0 aliphatic carbocycles. The Morgan fingerprint density at radius 1 is 1.29 bits per heavy atom. The van der Waals surface area contributed by atoms with E-state index in [9.17, 15) is 18.0 Å². The first-order chi connectivity index (χ1) is 8.04. The third kappa shape index (κ3) is 4.07. The highest BCUT2D eigenvalue weighted by Gasteiger charge is 2.19. The molecule has 0 saturated heterocycles. The van der Waals surface area contributed by atoms with Crippen molar-refractivity contribution in [3.05, 3.63) is 35.6 Å². The predicted molar refractivity (Wildman–Crippen MR) is 55.4 cm³/mol. The highest BCUT2D eigenvalue weighted by atomic mass is 19.3. The number of aliphatic hydroxyl groups is 1. The zero-order valence-electron chi connectivity index (χ0n) is 8.94. The van der Waals surface area contributed by atoms with E-state index >= 15 is 0 Å². The van der Waals surface area contributed by atoms with Crippen LogP contribution in [0.3, 0.4) is 0 Å². The largest absolute Gasteiger partial charge is 0.395 e. The van der Waals surface area contributed by atoms with Crippen molar-refractivity contribution in [3.8, 4) is 0 Å². The minimum absolute atomic E-state index is 0.112. The van der Waals surface area contributed by atoms with Crippen LogP contribution in [0.4, 0.5) is 13.2 Å². The van der Waals surface area contributed by atoms with Crippen LogP contribution in [-0.4, -0.2) is 42.0 Å². The van der Waals surface area contributed by atoms with Gasteiger partial charge in [-0.3, -0.25) is 4.79 Å². The van der Waals surface area contributed by atoms with Crippen LogP contribution in [0.5, 0.6) is 0 Å². The fraction of sp³-hybridized carbons (Fsp3) is 0.364. The third-order valence-corrected chi connectivity index (χ3v) is 2.11. The van der Waals surface area contributed by atoms with Gasteiger partial charge in [0.05, 0.1) is 13.2 Å². The molecular formula is C11H12F3NO2. The highest BCUT2D eigenvalue weighted by Crippen LogP contribution is 2.08. The number of aliphatic hydroxyl groups excluding tert-OH is 1. The van der Waals surface area contributed by atoms with Gasteiger partial charge >= 0.3 is 0 Å².